The zero-order valence-corrected chi connectivity index (χ0v) is 11.9. The van der Waals surface area contributed by atoms with Crippen LogP contribution in [0.4, 0.5) is 10.1 Å². The van der Waals surface area contributed by atoms with E-state index < -0.39 is 15.8 Å². The van der Waals surface area contributed by atoms with Crippen molar-refractivity contribution in [2.75, 3.05) is 4.72 Å². The van der Waals surface area contributed by atoms with Crippen LogP contribution in [0, 0.1) is 5.82 Å². The average Bonchev–Trinajstić information content (AvgIpc) is 2.38. The minimum atomic E-state index is -3.92. The number of hydrogen-bond donors (Lipinski definition) is 2. The largest absolute Gasteiger partial charge is 0.326 e. The molecule has 0 saturated heterocycles. The fourth-order valence-corrected chi connectivity index (χ4v) is 3.21. The molecule has 2 rings (SSSR count). The standard InChI is InChI=1S/C13H12ClFN2O2S/c14-10-2-1-3-12(6-10)17-20(18,19)13-7-11(15)5-4-9(13)8-16/h1-7,17H,8,16H2. The summed E-state index contributed by atoms with van der Waals surface area (Å²) in [4.78, 5) is -0.181. The molecule has 0 saturated carbocycles. The van der Waals surface area contributed by atoms with Crippen LogP contribution in [0.2, 0.25) is 5.02 Å². The van der Waals surface area contributed by atoms with Crippen molar-refractivity contribution in [2.24, 2.45) is 5.73 Å². The molecule has 3 N–H and O–H groups in total. The molecule has 0 aliphatic rings. The number of sulfonamides is 1. The molecular formula is C13H12ClFN2O2S. The van der Waals surface area contributed by atoms with E-state index in [2.05, 4.69) is 4.72 Å². The van der Waals surface area contributed by atoms with Gasteiger partial charge >= 0.3 is 0 Å². The van der Waals surface area contributed by atoms with Crippen molar-refractivity contribution < 1.29 is 12.8 Å². The SMILES string of the molecule is NCc1ccc(F)cc1S(=O)(=O)Nc1cccc(Cl)c1. The number of hydrogen-bond acceptors (Lipinski definition) is 3. The fraction of sp³-hybridized carbons (Fsp3) is 0.0769. The highest BCUT2D eigenvalue weighted by molar-refractivity contribution is 7.92. The van der Waals surface area contributed by atoms with Crippen molar-refractivity contribution in [1.29, 1.82) is 0 Å². The second-order valence-corrected chi connectivity index (χ2v) is 6.16. The molecule has 106 valence electrons. The Balaban J connectivity index is 2.43. The minimum absolute atomic E-state index is 0.00787. The summed E-state index contributed by atoms with van der Waals surface area (Å²) in [7, 11) is -3.92. The molecule has 0 aliphatic carbocycles. The van der Waals surface area contributed by atoms with E-state index in [0.29, 0.717) is 16.3 Å². The zero-order valence-electron chi connectivity index (χ0n) is 10.3. The second kappa shape index (κ2) is 5.78. The normalized spacial score (nSPS) is 11.3. The zero-order chi connectivity index (χ0) is 14.8. The first-order chi connectivity index (χ1) is 9.42. The summed E-state index contributed by atoms with van der Waals surface area (Å²) in [6.45, 7) is -0.00787. The number of anilines is 1. The summed E-state index contributed by atoms with van der Waals surface area (Å²) in [5, 5.41) is 0.392. The van der Waals surface area contributed by atoms with Crippen molar-refractivity contribution in [1.82, 2.24) is 0 Å². The molecule has 0 bridgehead atoms. The van der Waals surface area contributed by atoms with Crippen molar-refractivity contribution in [3.63, 3.8) is 0 Å². The lowest BCUT2D eigenvalue weighted by atomic mass is 10.2. The van der Waals surface area contributed by atoms with Gasteiger partial charge in [-0.05, 0) is 35.9 Å². The molecule has 0 aliphatic heterocycles. The Morgan fingerprint density at radius 2 is 1.95 bits per heavy atom. The Kier molecular flexibility index (Phi) is 4.27. The van der Waals surface area contributed by atoms with Gasteiger partial charge in [0.05, 0.1) is 10.6 Å². The van der Waals surface area contributed by atoms with Gasteiger partial charge in [-0.25, -0.2) is 12.8 Å². The van der Waals surface area contributed by atoms with Gasteiger partial charge in [-0.3, -0.25) is 4.72 Å². The van der Waals surface area contributed by atoms with E-state index in [1.807, 2.05) is 0 Å². The van der Waals surface area contributed by atoms with E-state index in [1.54, 1.807) is 18.2 Å². The quantitative estimate of drug-likeness (QED) is 0.911. The van der Waals surface area contributed by atoms with Crippen molar-refractivity contribution >= 4 is 27.3 Å². The van der Waals surface area contributed by atoms with E-state index in [0.717, 1.165) is 6.07 Å². The van der Waals surface area contributed by atoms with Crippen molar-refractivity contribution in [3.05, 3.63) is 58.9 Å². The van der Waals surface area contributed by atoms with Gasteiger partial charge < -0.3 is 5.73 Å². The van der Waals surface area contributed by atoms with Gasteiger partial charge in [-0.15, -0.1) is 0 Å². The maximum Gasteiger partial charge on any atom is 0.262 e. The summed E-state index contributed by atoms with van der Waals surface area (Å²) in [6.07, 6.45) is 0. The third-order valence-electron chi connectivity index (χ3n) is 2.62. The van der Waals surface area contributed by atoms with Crippen LogP contribution < -0.4 is 10.5 Å². The molecule has 7 heteroatoms. The van der Waals surface area contributed by atoms with Gasteiger partial charge in [0.1, 0.15) is 5.82 Å². The topological polar surface area (TPSA) is 72.2 Å². The Morgan fingerprint density at radius 3 is 2.60 bits per heavy atom. The highest BCUT2D eigenvalue weighted by Crippen LogP contribution is 2.22. The predicted octanol–water partition coefficient (Wildman–Crippen LogP) is 2.74. The lowest BCUT2D eigenvalue weighted by Crippen LogP contribution is -2.16. The summed E-state index contributed by atoms with van der Waals surface area (Å²) >= 11 is 5.79. The lowest BCUT2D eigenvalue weighted by molar-refractivity contribution is 0.593. The van der Waals surface area contributed by atoms with Crippen molar-refractivity contribution in [2.45, 2.75) is 11.4 Å². The number of benzene rings is 2. The van der Waals surface area contributed by atoms with Gasteiger partial charge in [-0.1, -0.05) is 23.7 Å². The maximum atomic E-state index is 13.3. The van der Waals surface area contributed by atoms with Gasteiger partial charge in [0, 0.05) is 11.6 Å². The van der Waals surface area contributed by atoms with Crippen LogP contribution in [0.1, 0.15) is 5.56 Å². The van der Waals surface area contributed by atoms with E-state index >= 15 is 0 Å². The van der Waals surface area contributed by atoms with Crippen LogP contribution in [-0.4, -0.2) is 8.42 Å². The molecule has 0 radical (unpaired) electrons. The Labute approximate surface area is 121 Å². The first kappa shape index (κ1) is 14.8. The van der Waals surface area contributed by atoms with Crippen LogP contribution in [-0.2, 0) is 16.6 Å². The fourth-order valence-electron chi connectivity index (χ4n) is 1.71. The molecule has 0 unspecified atom stereocenters. The van der Waals surface area contributed by atoms with Gasteiger partial charge in [0.25, 0.3) is 10.0 Å². The molecule has 0 aromatic heterocycles. The molecule has 0 amide bonds. The minimum Gasteiger partial charge on any atom is -0.326 e. The molecule has 20 heavy (non-hydrogen) atoms. The third kappa shape index (κ3) is 3.27. The van der Waals surface area contributed by atoms with Gasteiger partial charge in [0.15, 0.2) is 0 Å². The van der Waals surface area contributed by atoms with Gasteiger partial charge in [-0.2, -0.15) is 0 Å². The average molecular weight is 315 g/mol. The van der Waals surface area contributed by atoms with Gasteiger partial charge in [0.2, 0.25) is 0 Å². The summed E-state index contributed by atoms with van der Waals surface area (Å²) in [6, 6.07) is 9.69. The smallest absolute Gasteiger partial charge is 0.262 e. The van der Waals surface area contributed by atoms with E-state index in [4.69, 9.17) is 17.3 Å². The second-order valence-electron chi connectivity index (χ2n) is 4.07. The highest BCUT2D eigenvalue weighted by atomic mass is 35.5. The molecule has 0 atom stereocenters. The predicted molar refractivity (Wildman–Crippen MR) is 76.6 cm³/mol. The number of halogens is 2. The van der Waals surface area contributed by atoms with Crippen LogP contribution in [0.25, 0.3) is 0 Å². The first-order valence-corrected chi connectivity index (χ1v) is 7.55. The number of nitrogens with two attached hydrogens (primary N) is 1. The van der Waals surface area contributed by atoms with E-state index in [1.165, 1.54) is 18.2 Å². The van der Waals surface area contributed by atoms with Crippen LogP contribution in [0.3, 0.4) is 0 Å². The van der Waals surface area contributed by atoms with Crippen molar-refractivity contribution in [3.8, 4) is 0 Å². The summed E-state index contributed by atoms with van der Waals surface area (Å²) < 4.78 is 40.1. The van der Waals surface area contributed by atoms with E-state index in [9.17, 15) is 12.8 Å². The molecule has 2 aromatic rings. The van der Waals surface area contributed by atoms with Crippen LogP contribution >= 0.6 is 11.6 Å². The first-order valence-electron chi connectivity index (χ1n) is 5.69. The number of rotatable bonds is 4. The molecular weight excluding hydrogens is 303 g/mol. The molecule has 4 nitrogen and oxygen atoms in total. The lowest BCUT2D eigenvalue weighted by Gasteiger charge is -2.11. The van der Waals surface area contributed by atoms with Crippen LogP contribution in [0.15, 0.2) is 47.4 Å². The van der Waals surface area contributed by atoms with E-state index in [-0.39, 0.29) is 11.4 Å². The third-order valence-corrected chi connectivity index (χ3v) is 4.31. The Hall–Kier alpha value is -1.63. The molecule has 0 fully saturated rings. The monoisotopic (exact) mass is 314 g/mol. The Bertz CT molecular complexity index is 735. The summed E-state index contributed by atoms with van der Waals surface area (Å²) in [5.41, 5.74) is 6.11. The Morgan fingerprint density at radius 1 is 1.20 bits per heavy atom. The highest BCUT2D eigenvalue weighted by Gasteiger charge is 2.19. The van der Waals surface area contributed by atoms with Crippen LogP contribution in [0.5, 0.6) is 0 Å². The maximum absolute atomic E-state index is 13.3. The molecule has 0 heterocycles. The molecule has 2 aromatic carbocycles. The molecule has 0 spiro atoms. The number of nitrogens with one attached hydrogen (secondary N) is 1. The summed E-state index contributed by atoms with van der Waals surface area (Å²) in [5.74, 6) is -0.645.